The Morgan fingerprint density at radius 2 is 2.10 bits per heavy atom. The lowest BCUT2D eigenvalue weighted by Crippen LogP contribution is -2.47. The van der Waals surface area contributed by atoms with Gasteiger partial charge in [0.2, 0.25) is 0 Å². The molecule has 1 aromatic heterocycles. The third-order valence-electron chi connectivity index (χ3n) is 4.49. The highest BCUT2D eigenvalue weighted by Crippen LogP contribution is 2.29. The van der Waals surface area contributed by atoms with E-state index in [9.17, 15) is 9.90 Å². The summed E-state index contributed by atoms with van der Waals surface area (Å²) in [6.45, 7) is 6.02. The van der Waals surface area contributed by atoms with Crippen molar-refractivity contribution in [1.82, 2.24) is 14.7 Å². The van der Waals surface area contributed by atoms with E-state index in [2.05, 4.69) is 5.10 Å². The van der Waals surface area contributed by atoms with Crippen LogP contribution in [0.3, 0.4) is 0 Å². The van der Waals surface area contributed by atoms with Crippen LogP contribution < -0.4 is 0 Å². The number of carbonyl (C=O) groups is 1. The maximum absolute atomic E-state index is 12.6. The quantitative estimate of drug-likeness (QED) is 0.928. The molecule has 2 rings (SSSR count). The molecule has 0 aliphatic heterocycles. The van der Waals surface area contributed by atoms with E-state index in [-0.39, 0.29) is 24.0 Å². The Hall–Kier alpha value is -1.36. The van der Waals surface area contributed by atoms with Crippen molar-refractivity contribution >= 4 is 5.91 Å². The van der Waals surface area contributed by atoms with Crippen LogP contribution in [0.5, 0.6) is 0 Å². The Labute approximate surface area is 126 Å². The summed E-state index contributed by atoms with van der Waals surface area (Å²) >= 11 is 0. The minimum atomic E-state index is -0.221. The first kappa shape index (κ1) is 16.0. The lowest BCUT2D eigenvalue weighted by molar-refractivity contribution is 0.0427. The van der Waals surface area contributed by atoms with Gasteiger partial charge >= 0.3 is 0 Å². The lowest BCUT2D eigenvalue weighted by Gasteiger charge is -2.36. The van der Waals surface area contributed by atoms with Gasteiger partial charge in [-0.05, 0) is 24.3 Å². The van der Waals surface area contributed by atoms with Gasteiger partial charge in [0.1, 0.15) is 5.69 Å². The first-order chi connectivity index (χ1) is 9.84. The zero-order valence-corrected chi connectivity index (χ0v) is 13.5. The zero-order chi connectivity index (χ0) is 15.6. The van der Waals surface area contributed by atoms with Crippen molar-refractivity contribution in [2.24, 2.45) is 5.41 Å². The molecule has 0 bridgehead atoms. The van der Waals surface area contributed by atoms with Crippen LogP contribution in [0.25, 0.3) is 0 Å². The van der Waals surface area contributed by atoms with Gasteiger partial charge in [0.15, 0.2) is 0 Å². The van der Waals surface area contributed by atoms with Crippen LogP contribution in [-0.2, 0) is 0 Å². The highest BCUT2D eigenvalue weighted by Gasteiger charge is 2.32. The second kappa shape index (κ2) is 6.18. The van der Waals surface area contributed by atoms with Crippen molar-refractivity contribution in [1.29, 1.82) is 0 Å². The minimum Gasteiger partial charge on any atom is -0.394 e. The van der Waals surface area contributed by atoms with E-state index in [1.165, 1.54) is 12.8 Å². The molecule has 0 radical (unpaired) electrons. The van der Waals surface area contributed by atoms with Crippen LogP contribution in [0.15, 0.2) is 12.3 Å². The molecule has 0 saturated heterocycles. The van der Waals surface area contributed by atoms with Crippen molar-refractivity contribution in [2.75, 3.05) is 13.7 Å². The largest absolute Gasteiger partial charge is 0.394 e. The smallest absolute Gasteiger partial charge is 0.274 e. The fraction of sp³-hybridized carbons (Fsp3) is 0.750. The van der Waals surface area contributed by atoms with Crippen molar-refractivity contribution < 1.29 is 9.90 Å². The maximum atomic E-state index is 12.6. The molecule has 1 aliphatic carbocycles. The molecule has 1 fully saturated rings. The van der Waals surface area contributed by atoms with Crippen molar-refractivity contribution in [3.63, 3.8) is 0 Å². The van der Waals surface area contributed by atoms with E-state index >= 15 is 0 Å². The van der Waals surface area contributed by atoms with Gasteiger partial charge in [-0.2, -0.15) is 5.10 Å². The summed E-state index contributed by atoms with van der Waals surface area (Å²) in [5.74, 6) is -0.124. The summed E-state index contributed by atoms with van der Waals surface area (Å²) in [5.41, 5.74) is 0.291. The first-order valence-corrected chi connectivity index (χ1v) is 7.77. The lowest BCUT2D eigenvalue weighted by atomic mass is 9.86. The molecule has 1 saturated carbocycles. The molecule has 1 aromatic rings. The van der Waals surface area contributed by atoms with Crippen LogP contribution in [0.4, 0.5) is 0 Å². The van der Waals surface area contributed by atoms with E-state index in [1.54, 1.807) is 18.0 Å². The van der Waals surface area contributed by atoms with E-state index in [0.29, 0.717) is 11.7 Å². The Morgan fingerprint density at radius 3 is 2.62 bits per heavy atom. The van der Waals surface area contributed by atoms with Gasteiger partial charge in [-0.1, -0.05) is 33.6 Å². The summed E-state index contributed by atoms with van der Waals surface area (Å²) < 4.78 is 1.93. The number of rotatable bonds is 4. The molecule has 1 aliphatic rings. The topological polar surface area (TPSA) is 58.4 Å². The van der Waals surface area contributed by atoms with E-state index in [4.69, 9.17) is 0 Å². The number of aliphatic hydroxyl groups is 1. The molecule has 118 valence electrons. The molecule has 0 unspecified atom stereocenters. The number of likely N-dealkylation sites (N-methyl/N-ethyl adjacent to an activating group) is 1. The maximum Gasteiger partial charge on any atom is 0.274 e. The van der Waals surface area contributed by atoms with Gasteiger partial charge in [0.05, 0.1) is 18.7 Å². The summed E-state index contributed by atoms with van der Waals surface area (Å²) in [5, 5.41) is 14.0. The standard InChI is InChI=1S/C16H27N3O2/c1-16(2,3)14(11-20)18(4)15(21)13-9-10-19(17-13)12-7-5-6-8-12/h9-10,12,14,20H,5-8,11H2,1-4H3/t14-/m0/s1. The van der Waals surface area contributed by atoms with Gasteiger partial charge in [-0.3, -0.25) is 9.48 Å². The number of hydrogen-bond donors (Lipinski definition) is 1. The number of amides is 1. The molecule has 1 heterocycles. The summed E-state index contributed by atoms with van der Waals surface area (Å²) in [6, 6.07) is 2.00. The van der Waals surface area contributed by atoms with Crippen LogP contribution in [0.1, 0.15) is 63.0 Å². The Kier molecular flexibility index (Phi) is 4.71. The van der Waals surface area contributed by atoms with Crippen molar-refractivity contribution in [3.05, 3.63) is 18.0 Å². The number of nitrogens with zero attached hydrogens (tertiary/aromatic N) is 3. The Balaban J connectivity index is 2.12. The second-order valence-corrected chi connectivity index (χ2v) is 7.10. The van der Waals surface area contributed by atoms with Crippen LogP contribution in [0.2, 0.25) is 0 Å². The predicted octanol–water partition coefficient (Wildman–Crippen LogP) is 2.48. The Morgan fingerprint density at radius 1 is 1.48 bits per heavy atom. The molecule has 1 amide bonds. The van der Waals surface area contributed by atoms with Crippen LogP contribution >= 0.6 is 0 Å². The average molecular weight is 293 g/mol. The van der Waals surface area contributed by atoms with Gasteiger partial charge < -0.3 is 10.0 Å². The second-order valence-electron chi connectivity index (χ2n) is 7.10. The monoisotopic (exact) mass is 293 g/mol. The van der Waals surface area contributed by atoms with Gasteiger partial charge in [-0.15, -0.1) is 0 Å². The van der Waals surface area contributed by atoms with Gasteiger partial charge in [-0.25, -0.2) is 0 Å². The summed E-state index contributed by atoms with van der Waals surface area (Å²) in [7, 11) is 1.74. The molecule has 5 heteroatoms. The number of hydrogen-bond acceptors (Lipinski definition) is 3. The number of aromatic nitrogens is 2. The van der Waals surface area contributed by atoms with Crippen LogP contribution in [0, 0.1) is 5.41 Å². The first-order valence-electron chi connectivity index (χ1n) is 7.77. The third kappa shape index (κ3) is 3.46. The molecular formula is C16H27N3O2. The summed E-state index contributed by atoms with van der Waals surface area (Å²) in [4.78, 5) is 14.2. The number of aliphatic hydroxyl groups excluding tert-OH is 1. The van der Waals surface area contributed by atoms with E-state index in [0.717, 1.165) is 12.8 Å². The Bertz CT molecular complexity index is 484. The van der Waals surface area contributed by atoms with E-state index in [1.807, 2.05) is 31.6 Å². The highest BCUT2D eigenvalue weighted by molar-refractivity contribution is 5.92. The molecule has 0 aromatic carbocycles. The minimum absolute atomic E-state index is 0.0466. The van der Waals surface area contributed by atoms with Gasteiger partial charge in [0, 0.05) is 13.2 Å². The molecule has 21 heavy (non-hydrogen) atoms. The molecule has 1 atom stereocenters. The van der Waals surface area contributed by atoms with Crippen molar-refractivity contribution in [3.8, 4) is 0 Å². The zero-order valence-electron chi connectivity index (χ0n) is 13.5. The SMILES string of the molecule is CN(C(=O)c1ccn(C2CCCC2)n1)[C@@H](CO)C(C)(C)C. The normalized spacial score (nSPS) is 18.0. The highest BCUT2D eigenvalue weighted by atomic mass is 16.3. The van der Waals surface area contributed by atoms with E-state index < -0.39 is 0 Å². The average Bonchev–Trinajstić information content (AvgIpc) is 3.07. The number of carbonyl (C=O) groups excluding carboxylic acids is 1. The fourth-order valence-corrected chi connectivity index (χ4v) is 3.12. The summed E-state index contributed by atoms with van der Waals surface area (Å²) in [6.07, 6.45) is 6.68. The molecule has 1 N–H and O–H groups in total. The third-order valence-corrected chi connectivity index (χ3v) is 4.49. The van der Waals surface area contributed by atoms with Gasteiger partial charge in [0.25, 0.3) is 5.91 Å². The molecular weight excluding hydrogens is 266 g/mol. The molecule has 0 spiro atoms. The fourth-order valence-electron chi connectivity index (χ4n) is 3.12. The van der Waals surface area contributed by atoms with Crippen LogP contribution in [-0.4, -0.2) is 45.4 Å². The molecule has 5 nitrogen and oxygen atoms in total. The van der Waals surface area contributed by atoms with Crippen molar-refractivity contribution in [2.45, 2.75) is 58.5 Å². The predicted molar refractivity (Wildman–Crippen MR) is 82.2 cm³/mol.